The molecule has 3 rings (SSSR count). The largest absolute Gasteiger partial charge is 0.348 e. The molecule has 2 N–H and O–H groups in total. The van der Waals surface area contributed by atoms with Crippen molar-refractivity contribution in [1.29, 1.82) is 0 Å². The maximum Gasteiger partial charge on any atom is 0.261 e. The summed E-state index contributed by atoms with van der Waals surface area (Å²) in [5.74, 6) is -1.22. The number of carbonyl (C=O) groups is 2. The number of benzene rings is 1. The summed E-state index contributed by atoms with van der Waals surface area (Å²) in [6.45, 7) is 0.0866. The highest BCUT2D eigenvalue weighted by atomic mass is 35.5. The molecule has 0 radical (unpaired) electrons. The van der Waals surface area contributed by atoms with Crippen LogP contribution in [0.3, 0.4) is 0 Å². The fraction of sp³-hybridized carbons (Fsp3) is 0.235. The lowest BCUT2D eigenvalue weighted by Gasteiger charge is -2.15. The molecule has 24 heavy (non-hydrogen) atoms. The van der Waals surface area contributed by atoms with Gasteiger partial charge < -0.3 is 10.3 Å². The van der Waals surface area contributed by atoms with Crippen LogP contribution in [0.2, 0.25) is 5.02 Å². The third kappa shape index (κ3) is 3.23. The standard InChI is InChI=1S/C17H14ClFN2O3/c18-12-6-9(4-5-13(12)19)8-20-16(23)11-7-10-14(21-17(11)24)2-1-3-15(10)22/h4-7H,1-3,8H2,(H,20,23)(H,21,24). The highest BCUT2D eigenvalue weighted by Crippen LogP contribution is 2.19. The minimum atomic E-state index is -0.599. The maximum absolute atomic E-state index is 13.1. The minimum absolute atomic E-state index is 0.0426. The van der Waals surface area contributed by atoms with Gasteiger partial charge >= 0.3 is 0 Å². The maximum atomic E-state index is 13.1. The van der Waals surface area contributed by atoms with Crippen molar-refractivity contribution in [2.45, 2.75) is 25.8 Å². The van der Waals surface area contributed by atoms with Crippen LogP contribution in [0.4, 0.5) is 4.39 Å². The SMILES string of the molecule is O=C1CCCc2[nH]c(=O)c(C(=O)NCc3ccc(F)c(Cl)c3)cc21. The summed E-state index contributed by atoms with van der Waals surface area (Å²) in [5.41, 5.74) is 0.935. The van der Waals surface area contributed by atoms with Gasteiger partial charge in [0.25, 0.3) is 11.5 Å². The second-order valence-electron chi connectivity index (χ2n) is 5.61. The van der Waals surface area contributed by atoms with Crippen molar-refractivity contribution < 1.29 is 14.0 Å². The molecule has 1 heterocycles. The first-order chi connectivity index (χ1) is 11.5. The lowest BCUT2D eigenvalue weighted by molar-refractivity contribution is 0.0949. The Labute approximate surface area is 141 Å². The molecule has 1 aromatic heterocycles. The van der Waals surface area contributed by atoms with E-state index in [1.165, 1.54) is 24.3 Å². The zero-order valence-electron chi connectivity index (χ0n) is 12.6. The molecule has 0 bridgehead atoms. The van der Waals surface area contributed by atoms with Crippen LogP contribution in [-0.4, -0.2) is 16.7 Å². The summed E-state index contributed by atoms with van der Waals surface area (Å²) in [4.78, 5) is 38.8. The van der Waals surface area contributed by atoms with Gasteiger partial charge in [-0.25, -0.2) is 4.39 Å². The van der Waals surface area contributed by atoms with Crippen LogP contribution in [-0.2, 0) is 13.0 Å². The van der Waals surface area contributed by atoms with E-state index >= 15 is 0 Å². The van der Waals surface area contributed by atoms with Crippen molar-refractivity contribution in [3.05, 3.63) is 67.8 Å². The van der Waals surface area contributed by atoms with Crippen molar-refractivity contribution in [1.82, 2.24) is 10.3 Å². The fourth-order valence-corrected chi connectivity index (χ4v) is 2.87. The van der Waals surface area contributed by atoms with Crippen LogP contribution in [0, 0.1) is 5.82 Å². The number of amides is 1. The number of aromatic nitrogens is 1. The molecular weight excluding hydrogens is 335 g/mol. The Kier molecular flexibility index (Phi) is 4.49. The van der Waals surface area contributed by atoms with E-state index in [0.29, 0.717) is 36.1 Å². The topological polar surface area (TPSA) is 79.0 Å². The molecule has 0 saturated heterocycles. The molecule has 7 heteroatoms. The third-order valence-electron chi connectivity index (χ3n) is 3.94. The predicted octanol–water partition coefficient (Wildman–Crippen LogP) is 2.62. The molecule has 124 valence electrons. The number of Topliss-reactive ketones (excluding diaryl/α,β-unsaturated/α-hetero) is 1. The predicted molar refractivity (Wildman–Crippen MR) is 86.9 cm³/mol. The summed E-state index contributed by atoms with van der Waals surface area (Å²) in [6.07, 6.45) is 1.72. The monoisotopic (exact) mass is 348 g/mol. The second-order valence-corrected chi connectivity index (χ2v) is 6.02. The molecule has 0 fully saturated rings. The number of aromatic amines is 1. The smallest absolute Gasteiger partial charge is 0.261 e. The Hall–Kier alpha value is -2.47. The Morgan fingerprint density at radius 3 is 2.79 bits per heavy atom. The van der Waals surface area contributed by atoms with Crippen molar-refractivity contribution in [3.63, 3.8) is 0 Å². The van der Waals surface area contributed by atoms with Gasteiger partial charge in [0.1, 0.15) is 11.4 Å². The Bertz CT molecular complexity index is 892. The number of ketones is 1. The van der Waals surface area contributed by atoms with Crippen LogP contribution in [0.1, 0.15) is 44.8 Å². The number of fused-ring (bicyclic) bond motifs is 1. The molecular formula is C17H14ClFN2O3. The number of aryl methyl sites for hydroxylation is 1. The summed E-state index contributed by atoms with van der Waals surface area (Å²) in [7, 11) is 0. The van der Waals surface area contributed by atoms with Gasteiger partial charge in [-0.15, -0.1) is 0 Å². The van der Waals surface area contributed by atoms with Gasteiger partial charge in [-0.1, -0.05) is 17.7 Å². The summed E-state index contributed by atoms with van der Waals surface area (Å²) < 4.78 is 13.1. The van der Waals surface area contributed by atoms with Gasteiger partial charge in [0, 0.05) is 24.2 Å². The van der Waals surface area contributed by atoms with Crippen LogP contribution in [0.5, 0.6) is 0 Å². The van der Waals surface area contributed by atoms with E-state index < -0.39 is 17.3 Å². The molecule has 5 nitrogen and oxygen atoms in total. The number of hydrogen-bond donors (Lipinski definition) is 2. The Morgan fingerprint density at radius 2 is 2.04 bits per heavy atom. The van der Waals surface area contributed by atoms with Gasteiger partial charge in [-0.2, -0.15) is 0 Å². The first-order valence-electron chi connectivity index (χ1n) is 7.47. The molecule has 1 aliphatic carbocycles. The normalized spacial score (nSPS) is 13.5. The van der Waals surface area contributed by atoms with Gasteiger partial charge in [-0.3, -0.25) is 14.4 Å². The molecule has 0 atom stereocenters. The van der Waals surface area contributed by atoms with E-state index in [2.05, 4.69) is 10.3 Å². The van der Waals surface area contributed by atoms with Gasteiger partial charge in [0.2, 0.25) is 0 Å². The van der Waals surface area contributed by atoms with Crippen LogP contribution in [0.15, 0.2) is 29.1 Å². The van der Waals surface area contributed by atoms with E-state index in [9.17, 15) is 18.8 Å². The van der Waals surface area contributed by atoms with Gasteiger partial charge in [0.05, 0.1) is 5.02 Å². The van der Waals surface area contributed by atoms with E-state index in [1.54, 1.807) is 0 Å². The Morgan fingerprint density at radius 1 is 1.25 bits per heavy atom. The average Bonchev–Trinajstić information content (AvgIpc) is 2.55. The van der Waals surface area contributed by atoms with Crippen LogP contribution >= 0.6 is 11.6 Å². The highest BCUT2D eigenvalue weighted by molar-refractivity contribution is 6.30. The summed E-state index contributed by atoms with van der Waals surface area (Å²) in [5, 5.41) is 2.53. The lowest BCUT2D eigenvalue weighted by atomic mass is 9.93. The lowest BCUT2D eigenvalue weighted by Crippen LogP contribution is -2.31. The molecule has 0 unspecified atom stereocenters. The minimum Gasteiger partial charge on any atom is -0.348 e. The number of carbonyl (C=O) groups excluding carboxylic acids is 2. The quantitative estimate of drug-likeness (QED) is 0.895. The molecule has 1 aromatic carbocycles. The fourth-order valence-electron chi connectivity index (χ4n) is 2.67. The van der Waals surface area contributed by atoms with Crippen molar-refractivity contribution in [2.75, 3.05) is 0 Å². The first-order valence-corrected chi connectivity index (χ1v) is 7.85. The third-order valence-corrected chi connectivity index (χ3v) is 4.23. The molecule has 2 aromatic rings. The highest BCUT2D eigenvalue weighted by Gasteiger charge is 2.21. The molecule has 1 aliphatic rings. The van der Waals surface area contributed by atoms with Gasteiger partial charge in [0.15, 0.2) is 5.78 Å². The zero-order chi connectivity index (χ0) is 17.3. The number of rotatable bonds is 3. The summed E-state index contributed by atoms with van der Waals surface area (Å²) in [6, 6.07) is 5.44. The van der Waals surface area contributed by atoms with Crippen molar-refractivity contribution >= 4 is 23.3 Å². The van der Waals surface area contributed by atoms with E-state index in [1.807, 2.05) is 0 Å². The number of pyridine rings is 1. The van der Waals surface area contributed by atoms with Crippen molar-refractivity contribution in [2.24, 2.45) is 0 Å². The molecule has 1 amide bonds. The van der Waals surface area contributed by atoms with E-state index in [4.69, 9.17) is 11.6 Å². The number of H-pyrrole nitrogens is 1. The Balaban J connectivity index is 1.80. The molecule has 0 aliphatic heterocycles. The number of nitrogens with one attached hydrogen (secondary N) is 2. The van der Waals surface area contributed by atoms with Crippen LogP contribution < -0.4 is 10.9 Å². The summed E-state index contributed by atoms with van der Waals surface area (Å²) >= 11 is 5.69. The van der Waals surface area contributed by atoms with Crippen LogP contribution in [0.25, 0.3) is 0 Å². The van der Waals surface area contributed by atoms with E-state index in [0.717, 1.165) is 0 Å². The number of halogens is 2. The van der Waals surface area contributed by atoms with Gasteiger partial charge in [-0.05, 0) is 36.6 Å². The second kappa shape index (κ2) is 6.57. The zero-order valence-corrected chi connectivity index (χ0v) is 13.4. The molecule has 0 saturated carbocycles. The number of hydrogen-bond acceptors (Lipinski definition) is 3. The van der Waals surface area contributed by atoms with E-state index in [-0.39, 0.29) is 22.9 Å². The van der Waals surface area contributed by atoms with Crippen molar-refractivity contribution in [3.8, 4) is 0 Å². The molecule has 0 spiro atoms. The average molecular weight is 349 g/mol. The first kappa shape index (κ1) is 16.4.